The Bertz CT molecular complexity index is 943. The molecule has 0 saturated carbocycles. The standard InChI is InChI=1S/C24H31N5O.HI/c1-4-26-24(27-15-20(3)30-23-11-6-5-8-19(23)2)28-16-21-9-7-10-22(14-21)17-29-13-12-25-18-29;/h5-14,18,20H,4,15-17H2,1-3H3,(H2,26,27,28);1H. The molecule has 0 saturated heterocycles. The molecule has 1 unspecified atom stereocenters. The van der Waals surface area contributed by atoms with Crippen molar-refractivity contribution >= 4 is 29.9 Å². The molecular formula is C24H32IN5O. The van der Waals surface area contributed by atoms with Gasteiger partial charge in [-0.3, -0.25) is 0 Å². The Balaban J connectivity index is 0.00000341. The van der Waals surface area contributed by atoms with E-state index in [2.05, 4.69) is 71.3 Å². The molecule has 6 nitrogen and oxygen atoms in total. The average molecular weight is 533 g/mol. The number of ether oxygens (including phenoxy) is 1. The fourth-order valence-electron chi connectivity index (χ4n) is 3.12. The highest BCUT2D eigenvalue weighted by Crippen LogP contribution is 2.17. The summed E-state index contributed by atoms with van der Waals surface area (Å²) in [6.45, 7) is 9.07. The number of halogens is 1. The van der Waals surface area contributed by atoms with Crippen LogP contribution in [0.5, 0.6) is 5.75 Å². The SMILES string of the molecule is CCNC(=NCc1cccc(Cn2ccnc2)c1)NCC(C)Oc1ccccc1C.I. The number of nitrogens with zero attached hydrogens (tertiary/aromatic N) is 3. The largest absolute Gasteiger partial charge is 0.489 e. The molecular weight excluding hydrogens is 501 g/mol. The topological polar surface area (TPSA) is 63.5 Å². The summed E-state index contributed by atoms with van der Waals surface area (Å²) in [5, 5.41) is 6.69. The molecule has 0 spiro atoms. The van der Waals surface area contributed by atoms with Crippen LogP contribution in [0.15, 0.2) is 72.2 Å². The molecule has 1 heterocycles. The fourth-order valence-corrected chi connectivity index (χ4v) is 3.12. The normalized spacial score (nSPS) is 12.0. The third kappa shape index (κ3) is 8.24. The maximum atomic E-state index is 6.05. The second-order valence-electron chi connectivity index (χ2n) is 7.32. The number of imidazole rings is 1. The molecule has 0 amide bonds. The smallest absolute Gasteiger partial charge is 0.191 e. The first-order valence-electron chi connectivity index (χ1n) is 10.4. The Kier molecular flexibility index (Phi) is 10.4. The second-order valence-corrected chi connectivity index (χ2v) is 7.32. The molecule has 166 valence electrons. The molecule has 0 bridgehead atoms. The lowest BCUT2D eigenvalue weighted by atomic mass is 10.1. The van der Waals surface area contributed by atoms with E-state index in [9.17, 15) is 0 Å². The molecule has 1 aromatic heterocycles. The van der Waals surface area contributed by atoms with Crippen LogP contribution in [0, 0.1) is 6.92 Å². The number of para-hydroxylation sites is 1. The van der Waals surface area contributed by atoms with Crippen LogP contribution in [-0.2, 0) is 13.1 Å². The van der Waals surface area contributed by atoms with Gasteiger partial charge in [0.15, 0.2) is 5.96 Å². The minimum Gasteiger partial charge on any atom is -0.489 e. The summed E-state index contributed by atoms with van der Waals surface area (Å²) < 4.78 is 8.11. The van der Waals surface area contributed by atoms with E-state index >= 15 is 0 Å². The Labute approximate surface area is 202 Å². The van der Waals surface area contributed by atoms with Crippen molar-refractivity contribution < 1.29 is 4.74 Å². The first-order valence-corrected chi connectivity index (χ1v) is 10.4. The number of aliphatic imine (C=N–C) groups is 1. The zero-order valence-corrected chi connectivity index (χ0v) is 20.7. The van der Waals surface area contributed by atoms with Crippen LogP contribution in [0.2, 0.25) is 0 Å². The van der Waals surface area contributed by atoms with Gasteiger partial charge in [0.1, 0.15) is 11.9 Å². The van der Waals surface area contributed by atoms with E-state index in [0.29, 0.717) is 13.1 Å². The first kappa shape index (κ1) is 24.7. The fraction of sp³-hybridized carbons (Fsp3) is 0.333. The van der Waals surface area contributed by atoms with Gasteiger partial charge in [-0.15, -0.1) is 24.0 Å². The van der Waals surface area contributed by atoms with E-state index in [-0.39, 0.29) is 30.1 Å². The van der Waals surface area contributed by atoms with E-state index in [4.69, 9.17) is 9.73 Å². The minimum atomic E-state index is 0. The van der Waals surface area contributed by atoms with Gasteiger partial charge in [0.25, 0.3) is 0 Å². The van der Waals surface area contributed by atoms with Crippen LogP contribution >= 0.6 is 24.0 Å². The summed E-state index contributed by atoms with van der Waals surface area (Å²) in [5.74, 6) is 1.71. The molecule has 3 rings (SSSR count). The number of guanidine groups is 1. The third-order valence-electron chi connectivity index (χ3n) is 4.66. The number of nitrogens with one attached hydrogen (secondary N) is 2. The van der Waals surface area contributed by atoms with Crippen molar-refractivity contribution in [2.45, 2.75) is 40.0 Å². The number of hydrogen-bond donors (Lipinski definition) is 2. The van der Waals surface area contributed by atoms with Crippen LogP contribution in [-0.4, -0.2) is 34.7 Å². The molecule has 0 fully saturated rings. The molecule has 0 aliphatic heterocycles. The summed E-state index contributed by atoms with van der Waals surface area (Å²) in [5.41, 5.74) is 3.55. The van der Waals surface area contributed by atoms with Crippen molar-refractivity contribution in [3.63, 3.8) is 0 Å². The molecule has 31 heavy (non-hydrogen) atoms. The Morgan fingerprint density at radius 1 is 1.13 bits per heavy atom. The predicted molar refractivity (Wildman–Crippen MR) is 137 cm³/mol. The average Bonchev–Trinajstić information content (AvgIpc) is 3.25. The molecule has 0 aliphatic rings. The number of aromatic nitrogens is 2. The maximum absolute atomic E-state index is 6.05. The quantitative estimate of drug-likeness (QED) is 0.244. The van der Waals surface area contributed by atoms with E-state index in [1.165, 1.54) is 11.1 Å². The lowest BCUT2D eigenvalue weighted by Gasteiger charge is -2.18. The van der Waals surface area contributed by atoms with Gasteiger partial charge in [0.05, 0.1) is 19.4 Å². The van der Waals surface area contributed by atoms with Crippen LogP contribution in [0.1, 0.15) is 30.5 Å². The first-order chi connectivity index (χ1) is 14.6. The summed E-state index contributed by atoms with van der Waals surface area (Å²) in [6.07, 6.45) is 5.62. The molecule has 0 aliphatic carbocycles. The summed E-state index contributed by atoms with van der Waals surface area (Å²) in [7, 11) is 0. The van der Waals surface area contributed by atoms with Crippen molar-refractivity contribution in [3.8, 4) is 5.75 Å². The third-order valence-corrected chi connectivity index (χ3v) is 4.66. The van der Waals surface area contributed by atoms with Crippen LogP contribution in [0.4, 0.5) is 0 Å². The summed E-state index contributed by atoms with van der Waals surface area (Å²) in [4.78, 5) is 8.84. The Hall–Kier alpha value is -2.55. The summed E-state index contributed by atoms with van der Waals surface area (Å²) >= 11 is 0. The predicted octanol–water partition coefficient (Wildman–Crippen LogP) is 4.38. The highest BCUT2D eigenvalue weighted by Gasteiger charge is 2.07. The van der Waals surface area contributed by atoms with E-state index < -0.39 is 0 Å². The van der Waals surface area contributed by atoms with Gasteiger partial charge in [-0.1, -0.05) is 42.5 Å². The monoisotopic (exact) mass is 533 g/mol. The second kappa shape index (κ2) is 13.0. The molecule has 2 N–H and O–H groups in total. The van der Waals surface area contributed by atoms with Crippen LogP contribution in [0.25, 0.3) is 0 Å². The van der Waals surface area contributed by atoms with Gasteiger partial charge < -0.3 is 19.9 Å². The van der Waals surface area contributed by atoms with Gasteiger partial charge in [-0.2, -0.15) is 0 Å². The van der Waals surface area contributed by atoms with Gasteiger partial charge in [-0.05, 0) is 43.5 Å². The zero-order chi connectivity index (χ0) is 21.2. The maximum Gasteiger partial charge on any atom is 0.191 e. The van der Waals surface area contributed by atoms with E-state index in [0.717, 1.165) is 30.4 Å². The highest BCUT2D eigenvalue weighted by molar-refractivity contribution is 14.0. The van der Waals surface area contributed by atoms with Gasteiger partial charge in [-0.25, -0.2) is 9.98 Å². The summed E-state index contributed by atoms with van der Waals surface area (Å²) in [6, 6.07) is 16.6. The highest BCUT2D eigenvalue weighted by atomic mass is 127. The van der Waals surface area contributed by atoms with Crippen LogP contribution in [0.3, 0.4) is 0 Å². The Morgan fingerprint density at radius 2 is 1.94 bits per heavy atom. The van der Waals surface area contributed by atoms with Gasteiger partial charge in [0, 0.05) is 25.5 Å². The van der Waals surface area contributed by atoms with Crippen molar-refractivity contribution in [2.24, 2.45) is 4.99 Å². The number of rotatable bonds is 9. The minimum absolute atomic E-state index is 0. The lowest BCUT2D eigenvalue weighted by Crippen LogP contribution is -2.41. The molecule has 2 aromatic carbocycles. The van der Waals surface area contributed by atoms with Crippen molar-refractivity contribution in [2.75, 3.05) is 13.1 Å². The van der Waals surface area contributed by atoms with Crippen LogP contribution < -0.4 is 15.4 Å². The van der Waals surface area contributed by atoms with E-state index in [1.54, 1.807) is 6.20 Å². The number of hydrogen-bond acceptors (Lipinski definition) is 3. The molecule has 7 heteroatoms. The van der Waals surface area contributed by atoms with Crippen molar-refractivity contribution in [3.05, 3.63) is 83.9 Å². The van der Waals surface area contributed by atoms with Crippen molar-refractivity contribution in [1.29, 1.82) is 0 Å². The molecule has 3 aromatic rings. The molecule has 0 radical (unpaired) electrons. The number of aryl methyl sites for hydroxylation is 1. The van der Waals surface area contributed by atoms with Crippen molar-refractivity contribution in [1.82, 2.24) is 20.2 Å². The Morgan fingerprint density at radius 3 is 2.68 bits per heavy atom. The molecule has 1 atom stereocenters. The number of benzene rings is 2. The zero-order valence-electron chi connectivity index (χ0n) is 18.4. The van der Waals surface area contributed by atoms with E-state index in [1.807, 2.05) is 30.7 Å². The van der Waals surface area contributed by atoms with Gasteiger partial charge >= 0.3 is 0 Å². The lowest BCUT2D eigenvalue weighted by molar-refractivity contribution is 0.222. The van der Waals surface area contributed by atoms with Gasteiger partial charge in [0.2, 0.25) is 0 Å².